The Kier molecular flexibility index (Phi) is 11.1. The van der Waals surface area contributed by atoms with Crippen molar-refractivity contribution < 1.29 is 0 Å². The summed E-state index contributed by atoms with van der Waals surface area (Å²) in [5.41, 5.74) is 0. The van der Waals surface area contributed by atoms with Crippen LogP contribution in [-0.4, -0.2) is 0 Å². The molecule has 0 atom stereocenters. The molecule has 78 valence electrons. The van der Waals surface area contributed by atoms with E-state index in [-0.39, 0.29) is 0 Å². The summed E-state index contributed by atoms with van der Waals surface area (Å²) in [6.45, 7) is 3.70. The Morgan fingerprint density at radius 1 is 0.929 bits per heavy atom. The van der Waals surface area contributed by atoms with E-state index in [0.29, 0.717) is 6.42 Å². The lowest BCUT2D eigenvalue weighted by atomic mass is 10.1. The van der Waals surface area contributed by atoms with Gasteiger partial charge in [-0.3, -0.25) is 0 Å². The lowest BCUT2D eigenvalue weighted by molar-refractivity contribution is 0.652. The van der Waals surface area contributed by atoms with Crippen molar-refractivity contribution in [2.75, 3.05) is 0 Å². The van der Waals surface area contributed by atoms with Crippen LogP contribution >= 0.6 is 0 Å². The molecule has 0 saturated heterocycles. The molecule has 0 rings (SSSR count). The minimum atomic E-state index is 0.649. The lowest BCUT2D eigenvalue weighted by Crippen LogP contribution is -1.76. The Hall–Kier alpha value is -1.03. The Balaban J connectivity index is 3.02. The second-order valence-electron chi connectivity index (χ2n) is 3.45. The molecule has 0 aliphatic carbocycles. The summed E-state index contributed by atoms with van der Waals surface area (Å²) in [7, 11) is 0. The summed E-state index contributed by atoms with van der Waals surface area (Å²) in [5.74, 6) is 0. The van der Waals surface area contributed by atoms with E-state index in [1.54, 1.807) is 0 Å². The molecular formula is C13H21N. The molecule has 1 heteroatoms. The smallest absolute Gasteiger partial charge is 0.0624 e. The molecule has 0 spiro atoms. The molecule has 0 unspecified atom stereocenters. The maximum absolute atomic E-state index is 8.30. The van der Waals surface area contributed by atoms with E-state index in [2.05, 4.69) is 24.8 Å². The number of unbranched alkanes of at least 4 members (excludes halogenated alkanes) is 6. The molecule has 0 aliphatic rings. The molecule has 1 nitrogen and oxygen atoms in total. The highest BCUT2D eigenvalue weighted by atomic mass is 14.2. The van der Waals surface area contributed by atoms with E-state index in [0.717, 1.165) is 12.8 Å². The van der Waals surface area contributed by atoms with Gasteiger partial charge in [0.1, 0.15) is 0 Å². The fourth-order valence-corrected chi connectivity index (χ4v) is 1.29. The van der Waals surface area contributed by atoms with Gasteiger partial charge in [0.05, 0.1) is 6.07 Å². The third-order valence-electron chi connectivity index (χ3n) is 2.12. The Labute approximate surface area is 88.1 Å². The number of hydrogen-bond donors (Lipinski definition) is 0. The second-order valence-corrected chi connectivity index (χ2v) is 3.45. The van der Waals surface area contributed by atoms with Gasteiger partial charge >= 0.3 is 0 Å². The van der Waals surface area contributed by atoms with Crippen LogP contribution in [0.2, 0.25) is 0 Å². The summed E-state index contributed by atoms with van der Waals surface area (Å²) in [6.07, 6.45) is 15.4. The van der Waals surface area contributed by atoms with E-state index >= 15 is 0 Å². The molecule has 0 radical (unpaired) electrons. The van der Waals surface area contributed by atoms with Gasteiger partial charge in [0.15, 0.2) is 0 Å². The van der Waals surface area contributed by atoms with Crippen LogP contribution in [0.3, 0.4) is 0 Å². The highest BCUT2D eigenvalue weighted by Crippen LogP contribution is 2.06. The van der Waals surface area contributed by atoms with Crippen LogP contribution in [0.4, 0.5) is 0 Å². The number of nitriles is 1. The molecule has 0 N–H and O–H groups in total. The van der Waals surface area contributed by atoms with Crippen LogP contribution in [0.1, 0.15) is 51.4 Å². The number of allylic oxidation sites excluding steroid dienone is 3. The predicted octanol–water partition coefficient (Wildman–Crippen LogP) is 4.37. The van der Waals surface area contributed by atoms with Crippen molar-refractivity contribution >= 4 is 0 Å². The first-order chi connectivity index (χ1) is 6.91. The molecule has 0 fully saturated rings. The zero-order valence-corrected chi connectivity index (χ0v) is 9.04. The van der Waals surface area contributed by atoms with Crippen LogP contribution in [0.5, 0.6) is 0 Å². The molecule has 0 aromatic heterocycles. The standard InChI is InChI=1S/C13H21N/c1-2-3-4-5-6-7-8-9-10-11-12-13-14/h2,9-10H,1,3-8,11-12H2/b10-9+. The first-order valence-corrected chi connectivity index (χ1v) is 5.54. The van der Waals surface area contributed by atoms with Crippen molar-refractivity contribution in [1.29, 1.82) is 5.26 Å². The third kappa shape index (κ3) is 11.0. The highest BCUT2D eigenvalue weighted by Gasteiger charge is 1.86. The summed E-state index contributed by atoms with van der Waals surface area (Å²) in [4.78, 5) is 0. The summed E-state index contributed by atoms with van der Waals surface area (Å²) < 4.78 is 0. The van der Waals surface area contributed by atoms with Gasteiger partial charge in [-0.15, -0.1) is 6.58 Å². The normalized spacial score (nSPS) is 10.2. The highest BCUT2D eigenvalue weighted by molar-refractivity contribution is 4.85. The van der Waals surface area contributed by atoms with Crippen LogP contribution in [-0.2, 0) is 0 Å². The Morgan fingerprint density at radius 2 is 1.57 bits per heavy atom. The molecule has 0 aromatic carbocycles. The van der Waals surface area contributed by atoms with Crippen molar-refractivity contribution in [2.24, 2.45) is 0 Å². The largest absolute Gasteiger partial charge is 0.198 e. The maximum atomic E-state index is 8.30. The molecule has 0 saturated carbocycles. The minimum Gasteiger partial charge on any atom is -0.198 e. The van der Waals surface area contributed by atoms with E-state index in [1.165, 1.54) is 32.1 Å². The van der Waals surface area contributed by atoms with Crippen LogP contribution in [0.25, 0.3) is 0 Å². The zero-order chi connectivity index (χ0) is 10.5. The van der Waals surface area contributed by atoms with Gasteiger partial charge in [0, 0.05) is 6.42 Å². The summed E-state index contributed by atoms with van der Waals surface area (Å²) in [6, 6.07) is 2.13. The van der Waals surface area contributed by atoms with E-state index in [9.17, 15) is 0 Å². The van der Waals surface area contributed by atoms with Crippen molar-refractivity contribution in [3.05, 3.63) is 24.8 Å². The average Bonchev–Trinajstić information content (AvgIpc) is 2.21. The Bertz CT molecular complexity index is 186. The number of hydrogen-bond acceptors (Lipinski definition) is 1. The monoisotopic (exact) mass is 191 g/mol. The van der Waals surface area contributed by atoms with Crippen LogP contribution < -0.4 is 0 Å². The van der Waals surface area contributed by atoms with Gasteiger partial charge in [-0.05, 0) is 32.1 Å². The van der Waals surface area contributed by atoms with Crippen molar-refractivity contribution in [1.82, 2.24) is 0 Å². The molecule has 0 aromatic rings. The van der Waals surface area contributed by atoms with Gasteiger partial charge in [-0.2, -0.15) is 5.26 Å². The molecular weight excluding hydrogens is 170 g/mol. The first kappa shape index (κ1) is 13.0. The first-order valence-electron chi connectivity index (χ1n) is 5.54. The van der Waals surface area contributed by atoms with Gasteiger partial charge < -0.3 is 0 Å². The molecule has 0 heterocycles. The quantitative estimate of drug-likeness (QED) is 0.392. The number of rotatable bonds is 9. The summed E-state index contributed by atoms with van der Waals surface area (Å²) in [5, 5.41) is 8.30. The topological polar surface area (TPSA) is 23.8 Å². The van der Waals surface area contributed by atoms with Crippen molar-refractivity contribution in [3.8, 4) is 6.07 Å². The van der Waals surface area contributed by atoms with Crippen LogP contribution in [0, 0.1) is 11.3 Å². The zero-order valence-electron chi connectivity index (χ0n) is 9.04. The fraction of sp³-hybridized carbons (Fsp3) is 0.615. The second kappa shape index (κ2) is 12.0. The Morgan fingerprint density at radius 3 is 2.21 bits per heavy atom. The van der Waals surface area contributed by atoms with Gasteiger partial charge in [0.25, 0.3) is 0 Å². The fourth-order valence-electron chi connectivity index (χ4n) is 1.29. The predicted molar refractivity (Wildman–Crippen MR) is 61.9 cm³/mol. The van der Waals surface area contributed by atoms with E-state index in [4.69, 9.17) is 5.26 Å². The van der Waals surface area contributed by atoms with Gasteiger partial charge in [-0.25, -0.2) is 0 Å². The third-order valence-corrected chi connectivity index (χ3v) is 2.12. The van der Waals surface area contributed by atoms with Gasteiger partial charge in [-0.1, -0.05) is 31.1 Å². The molecule has 0 bridgehead atoms. The lowest BCUT2D eigenvalue weighted by Gasteiger charge is -1.96. The van der Waals surface area contributed by atoms with E-state index in [1.807, 2.05) is 6.08 Å². The van der Waals surface area contributed by atoms with Crippen molar-refractivity contribution in [3.63, 3.8) is 0 Å². The van der Waals surface area contributed by atoms with Crippen LogP contribution in [0.15, 0.2) is 24.8 Å². The molecule has 0 aliphatic heterocycles. The average molecular weight is 191 g/mol. The van der Waals surface area contributed by atoms with E-state index < -0.39 is 0 Å². The molecule has 0 amide bonds. The summed E-state index contributed by atoms with van der Waals surface area (Å²) >= 11 is 0. The van der Waals surface area contributed by atoms with Gasteiger partial charge in [0.2, 0.25) is 0 Å². The minimum absolute atomic E-state index is 0.649. The van der Waals surface area contributed by atoms with Crippen molar-refractivity contribution in [2.45, 2.75) is 51.4 Å². The molecule has 14 heavy (non-hydrogen) atoms. The maximum Gasteiger partial charge on any atom is 0.0624 e. The SMILES string of the molecule is C=CCCCCCC/C=C/CCC#N. The number of nitrogens with zero attached hydrogens (tertiary/aromatic N) is 1.